The molecule has 4 fully saturated rings. The Labute approximate surface area is 845 Å². The number of hydrogen-bond donors (Lipinski definition) is 5. The maximum atomic E-state index is 14.8. The Balaban J connectivity index is 0.000000136. The van der Waals surface area contributed by atoms with Gasteiger partial charge in [-0.15, -0.1) is 0 Å². The quantitative estimate of drug-likeness (QED) is 0.0357. The molecule has 0 radical (unpaired) electrons. The minimum atomic E-state index is -0.318. The molecule has 0 saturated carbocycles. The summed E-state index contributed by atoms with van der Waals surface area (Å²) in [5, 5.41) is 14.5. The van der Waals surface area contributed by atoms with Gasteiger partial charge in [0.05, 0.1) is 58.7 Å². The summed E-state index contributed by atoms with van der Waals surface area (Å²) < 4.78 is 14.8. The number of pyridine rings is 6. The summed E-state index contributed by atoms with van der Waals surface area (Å²) >= 11 is 0. The number of hydrogen-bond acceptors (Lipinski definition) is 19. The van der Waals surface area contributed by atoms with Crippen molar-refractivity contribution in [1.82, 2.24) is 54.8 Å². The fourth-order valence-corrected chi connectivity index (χ4v) is 17.4. The van der Waals surface area contributed by atoms with Crippen molar-refractivity contribution in [1.29, 1.82) is 0 Å². The number of aromatic nitrogens is 6. The van der Waals surface area contributed by atoms with E-state index in [1.807, 2.05) is 261 Å². The minimum absolute atomic E-state index is 0.0429. The van der Waals surface area contributed by atoms with Crippen LogP contribution in [0.4, 0.5) is 50.2 Å². The number of carbonyl (C=O) groups excluding carboxylic acids is 5. The first-order chi connectivity index (χ1) is 70.1. The van der Waals surface area contributed by atoms with Crippen LogP contribution in [-0.4, -0.2) is 208 Å². The van der Waals surface area contributed by atoms with Crippen molar-refractivity contribution >= 4 is 75.3 Å². The topological polar surface area (TPSA) is 249 Å². The number of nitrogens with one attached hydrogen (secondary N) is 5. The van der Waals surface area contributed by atoms with Crippen LogP contribution in [-0.2, 0) is 17.8 Å². The second-order valence-electron chi connectivity index (χ2n) is 37.0. The number of piperazine rings is 4. The number of carbonyl (C=O) groups is 5. The van der Waals surface area contributed by atoms with Gasteiger partial charge in [-0.1, -0.05) is 158 Å². The molecule has 9 aromatic carbocycles. The zero-order valence-corrected chi connectivity index (χ0v) is 83.3. The summed E-state index contributed by atoms with van der Waals surface area (Å²) in [5.41, 5.74) is 19.0. The van der Waals surface area contributed by atoms with Crippen LogP contribution < -0.4 is 46.2 Å². The third-order valence-electron chi connectivity index (χ3n) is 26.1. The van der Waals surface area contributed by atoms with Crippen LogP contribution in [0.1, 0.15) is 108 Å². The van der Waals surface area contributed by atoms with Crippen LogP contribution in [0.25, 0.3) is 56.2 Å². The van der Waals surface area contributed by atoms with Crippen LogP contribution in [0.2, 0.25) is 0 Å². The lowest BCUT2D eigenvalue weighted by Crippen LogP contribution is -2.49. The molecule has 0 aliphatic carbocycles. The molecule has 144 heavy (non-hydrogen) atoms. The monoisotopic (exact) mass is 1920 g/mol. The number of halogens is 1. The second kappa shape index (κ2) is 51.6. The fraction of sp³-hybridized carbons (Fsp3) is 0.252. The molecule has 0 spiro atoms. The van der Waals surface area contributed by atoms with Crippen molar-refractivity contribution in [3.63, 3.8) is 0 Å². The predicted molar refractivity (Wildman–Crippen MR) is 581 cm³/mol. The third-order valence-corrected chi connectivity index (χ3v) is 26.1. The van der Waals surface area contributed by atoms with Crippen LogP contribution in [0.5, 0.6) is 0 Å². The van der Waals surface area contributed by atoms with Gasteiger partial charge < -0.3 is 46.2 Å². The number of amides is 5. The molecule has 15 aromatic rings. The van der Waals surface area contributed by atoms with Gasteiger partial charge in [0.1, 0.15) is 17.5 Å². The van der Waals surface area contributed by atoms with Gasteiger partial charge in [-0.2, -0.15) is 0 Å². The normalized spacial score (nSPS) is 14.0. The largest absolute Gasteiger partial charge is 0.369 e. The van der Waals surface area contributed by atoms with Gasteiger partial charge >= 0.3 is 0 Å². The molecule has 4 aliphatic rings. The van der Waals surface area contributed by atoms with E-state index in [0.29, 0.717) is 82.3 Å². The first kappa shape index (κ1) is 103. The molecule has 0 bridgehead atoms. The summed E-state index contributed by atoms with van der Waals surface area (Å²) in [6.45, 7) is 34.2. The molecule has 24 nitrogen and oxygen atoms in total. The minimum Gasteiger partial charge on any atom is -0.369 e. The van der Waals surface area contributed by atoms with Crippen LogP contribution in [0.3, 0.4) is 0 Å². The number of rotatable bonds is 25. The standard InChI is InChI=1S/C25H27FN4O.C25H28N4O.2C24H27N5O.C21H19NO/c1-18(2)29-13-15-30(16-14-29)24-11-10-21(17-22(24)26)28-25(31)20-8-6-19(7-9-20)23-5-3-4-12-27-23;1-19(2)28-15-17-29(18-16-28)23-12-10-22(11-13-23)27-25(30)21-8-6-20(7-9-21)24-5-3-4-14-26-24;1-18(2)28-13-15-29(16-14-28)21-10-11-23(26-17-21)27-24(30)20-8-6-19(7-9-20)22-5-3-4-12-25-22;1-18(2)28-13-15-29(16-14-28)23-11-10-21(17-26-23)27-24(30)20-8-6-19(7-9-20)22-5-3-4-12-25-22;23-21(22-16-18-7-3-1-4-8-18)15-17-11-13-20(14-12-17)19-9-5-2-6-10-19/h3-12,17-18H,13-16H2,1-2H3,(H,28,31);3-14,19H,15-18H2,1-2H3,(H,27,30);3-12,17-18H,13-16H2,1-2H3,(H,26,27,30);3-12,17-18H,13-16H2,1-2H3,(H,27,30);1-14H,15-16H2,(H,22,23). The molecule has 0 atom stereocenters. The van der Waals surface area contributed by atoms with E-state index in [1.165, 1.54) is 22.9 Å². The molecule has 736 valence electrons. The highest BCUT2D eigenvalue weighted by Gasteiger charge is 2.26. The van der Waals surface area contributed by atoms with Crippen LogP contribution >= 0.6 is 0 Å². The molecule has 4 saturated heterocycles. The molecule has 5 amide bonds. The summed E-state index contributed by atoms with van der Waals surface area (Å²) in [5.74, 6) is 0.527. The van der Waals surface area contributed by atoms with E-state index in [9.17, 15) is 28.4 Å². The van der Waals surface area contributed by atoms with E-state index < -0.39 is 0 Å². The number of nitrogens with zero attached hydrogens (tertiary/aromatic N) is 14. The predicted octanol–water partition coefficient (Wildman–Crippen LogP) is 21.3. The Hall–Kier alpha value is -15.8. The second-order valence-corrected chi connectivity index (χ2v) is 37.0. The van der Waals surface area contributed by atoms with Crippen molar-refractivity contribution in [2.45, 2.75) is 92.5 Å². The Bertz CT molecular complexity index is 6130. The molecule has 4 aliphatic heterocycles. The summed E-state index contributed by atoms with van der Waals surface area (Å²) in [6, 6.07) is 104. The number of benzene rings is 9. The maximum absolute atomic E-state index is 14.8. The SMILES string of the molecule is CC(C)N1CCN(c2ccc(NC(=O)c3ccc(-c4ccccn4)cc3)cc2)CC1.CC(C)N1CCN(c2ccc(NC(=O)c3ccc(-c4ccccn4)cc3)cc2F)CC1.CC(C)N1CCN(c2ccc(NC(=O)c3ccc(-c4ccccn4)cc3)cn2)CC1.CC(C)N1CCN(c2ccc(NC(=O)c3ccc(-c4ccccn4)cc3)nc2)CC1.O=C(Cc1ccc(-c2ccccc2)cc1)NCc1ccccc1. The van der Waals surface area contributed by atoms with Gasteiger partial charge in [0.2, 0.25) is 5.91 Å². The highest BCUT2D eigenvalue weighted by molar-refractivity contribution is 6.07. The van der Waals surface area contributed by atoms with Crippen molar-refractivity contribution in [2.24, 2.45) is 0 Å². The van der Waals surface area contributed by atoms with E-state index >= 15 is 0 Å². The molecule has 5 N–H and O–H groups in total. The molecule has 25 heteroatoms. The van der Waals surface area contributed by atoms with E-state index in [1.54, 1.807) is 55.2 Å². The Kier molecular flexibility index (Phi) is 36.7. The maximum Gasteiger partial charge on any atom is 0.256 e. The third kappa shape index (κ3) is 29.7. The number of anilines is 8. The summed E-state index contributed by atoms with van der Waals surface area (Å²) in [4.78, 5) is 108. The average Bonchev–Trinajstić information content (AvgIpc) is 0.822. The first-order valence-electron chi connectivity index (χ1n) is 49.7. The molecule has 6 aromatic heterocycles. The molecular formula is C119H128FN19O5. The lowest BCUT2D eigenvalue weighted by atomic mass is 10.0. The smallest absolute Gasteiger partial charge is 0.256 e. The van der Waals surface area contributed by atoms with Gasteiger partial charge in [-0.25, -0.2) is 14.4 Å². The Morgan fingerprint density at radius 2 is 0.632 bits per heavy atom. The van der Waals surface area contributed by atoms with Crippen molar-refractivity contribution in [3.8, 4) is 56.2 Å². The Morgan fingerprint density at radius 3 is 1.01 bits per heavy atom. The average molecular weight is 1920 g/mol. The van der Waals surface area contributed by atoms with Crippen molar-refractivity contribution in [2.75, 3.05) is 146 Å². The Morgan fingerprint density at radius 1 is 0.285 bits per heavy atom. The summed E-state index contributed by atoms with van der Waals surface area (Å²) in [6.07, 6.45) is 11.0. The summed E-state index contributed by atoms with van der Waals surface area (Å²) in [7, 11) is 0. The van der Waals surface area contributed by atoms with E-state index in [4.69, 9.17) is 0 Å². The van der Waals surface area contributed by atoms with E-state index in [2.05, 4.69) is 187 Å². The zero-order valence-electron chi connectivity index (χ0n) is 83.3. The molecule has 0 unspecified atom stereocenters. The van der Waals surface area contributed by atoms with E-state index in [0.717, 1.165) is 178 Å². The van der Waals surface area contributed by atoms with Gasteiger partial charge in [0.15, 0.2) is 0 Å². The fourth-order valence-electron chi connectivity index (χ4n) is 17.4. The zero-order chi connectivity index (χ0) is 100. The first-order valence-corrected chi connectivity index (χ1v) is 49.7. The lowest BCUT2D eigenvalue weighted by Gasteiger charge is -2.38. The van der Waals surface area contributed by atoms with Gasteiger partial charge in [0.25, 0.3) is 23.6 Å². The van der Waals surface area contributed by atoms with Crippen LogP contribution in [0.15, 0.2) is 359 Å². The van der Waals surface area contributed by atoms with Crippen molar-refractivity contribution in [3.05, 3.63) is 398 Å². The highest BCUT2D eigenvalue weighted by atomic mass is 19.1. The lowest BCUT2D eigenvalue weighted by molar-refractivity contribution is -0.120. The van der Waals surface area contributed by atoms with E-state index in [-0.39, 0.29) is 35.4 Å². The van der Waals surface area contributed by atoms with Crippen molar-refractivity contribution < 1.29 is 28.4 Å². The molecular weight excluding hydrogens is 1790 g/mol. The van der Waals surface area contributed by atoms with Gasteiger partial charge in [-0.3, -0.25) is 63.5 Å². The van der Waals surface area contributed by atoms with Gasteiger partial charge in [0, 0.05) is 222 Å². The molecule has 10 heterocycles. The molecule has 19 rings (SSSR count). The van der Waals surface area contributed by atoms with Crippen LogP contribution in [0, 0.1) is 5.82 Å². The highest BCUT2D eigenvalue weighted by Crippen LogP contribution is 2.31. The van der Waals surface area contributed by atoms with Gasteiger partial charge in [-0.05, 0) is 241 Å².